The van der Waals surface area contributed by atoms with Crippen molar-refractivity contribution in [3.63, 3.8) is 0 Å². The number of rotatable bonds is 2. The number of hydrogen-bond acceptors (Lipinski definition) is 3. The number of piperidine rings is 1. The summed E-state index contributed by atoms with van der Waals surface area (Å²) in [5.41, 5.74) is 0.710. The third-order valence-corrected chi connectivity index (χ3v) is 3.55. The summed E-state index contributed by atoms with van der Waals surface area (Å²) in [5, 5.41) is 2.89. The summed E-state index contributed by atoms with van der Waals surface area (Å²) in [6, 6.07) is 7.35. The van der Waals surface area contributed by atoms with E-state index in [1.54, 1.807) is 24.7 Å². The van der Waals surface area contributed by atoms with Crippen LogP contribution in [0.15, 0.2) is 47.3 Å². The molecule has 0 bridgehead atoms. The van der Waals surface area contributed by atoms with Gasteiger partial charge in [0.2, 0.25) is 0 Å². The van der Waals surface area contributed by atoms with Crippen LogP contribution in [-0.4, -0.2) is 22.5 Å². The minimum atomic E-state index is -0.0981. The minimum absolute atomic E-state index is 0.0235. The second kappa shape index (κ2) is 5.77. The fraction of sp³-hybridized carbons (Fsp3) is 0.333. The first kappa shape index (κ1) is 12.7. The normalized spacial score (nSPS) is 18.8. The van der Waals surface area contributed by atoms with Crippen LogP contribution in [0.25, 0.3) is 0 Å². The first-order chi connectivity index (χ1) is 9.84. The summed E-state index contributed by atoms with van der Waals surface area (Å²) in [4.78, 5) is 18.3. The molecule has 0 spiro atoms. The van der Waals surface area contributed by atoms with Crippen LogP contribution in [0.5, 0.6) is 0 Å². The molecule has 5 heteroatoms. The average molecular weight is 271 g/mol. The Balaban J connectivity index is 1.74. The number of nitrogens with one attached hydrogen (secondary N) is 1. The molecule has 0 aromatic carbocycles. The Bertz CT molecular complexity index is 554. The lowest BCUT2D eigenvalue weighted by Crippen LogP contribution is -2.41. The largest absolute Gasteiger partial charge is 0.467 e. The van der Waals surface area contributed by atoms with Crippen LogP contribution in [0.1, 0.15) is 31.1 Å². The van der Waals surface area contributed by atoms with E-state index in [-0.39, 0.29) is 12.1 Å². The molecule has 0 aliphatic carbocycles. The van der Waals surface area contributed by atoms with E-state index >= 15 is 0 Å². The summed E-state index contributed by atoms with van der Waals surface area (Å²) in [5.74, 6) is 0.853. The number of carbonyl (C=O) groups is 1. The number of aromatic nitrogens is 1. The quantitative estimate of drug-likeness (QED) is 0.910. The lowest BCUT2D eigenvalue weighted by atomic mass is 10.0. The molecule has 0 radical (unpaired) electrons. The van der Waals surface area contributed by atoms with Gasteiger partial charge in [-0.05, 0) is 43.5 Å². The zero-order valence-corrected chi connectivity index (χ0v) is 11.2. The van der Waals surface area contributed by atoms with Crippen molar-refractivity contribution in [3.8, 4) is 0 Å². The molecular weight excluding hydrogens is 254 g/mol. The monoisotopic (exact) mass is 271 g/mol. The molecule has 5 nitrogen and oxygen atoms in total. The van der Waals surface area contributed by atoms with Crippen LogP contribution in [0.4, 0.5) is 10.5 Å². The van der Waals surface area contributed by atoms with Gasteiger partial charge in [0, 0.05) is 12.7 Å². The smallest absolute Gasteiger partial charge is 0.322 e. The van der Waals surface area contributed by atoms with Gasteiger partial charge in [0.1, 0.15) is 5.76 Å². The Kier molecular flexibility index (Phi) is 3.67. The van der Waals surface area contributed by atoms with Crippen LogP contribution in [0.3, 0.4) is 0 Å². The maximum absolute atomic E-state index is 12.4. The van der Waals surface area contributed by atoms with E-state index in [9.17, 15) is 4.79 Å². The molecule has 1 fully saturated rings. The van der Waals surface area contributed by atoms with Crippen molar-refractivity contribution < 1.29 is 9.21 Å². The van der Waals surface area contributed by atoms with Gasteiger partial charge in [-0.25, -0.2) is 4.79 Å². The van der Waals surface area contributed by atoms with Crippen LogP contribution in [0.2, 0.25) is 0 Å². The van der Waals surface area contributed by atoms with E-state index in [0.717, 1.165) is 31.6 Å². The summed E-state index contributed by atoms with van der Waals surface area (Å²) in [6.07, 6.45) is 8.06. The standard InChI is InChI=1S/C15H17N3O2/c19-15(17-12-5-3-8-16-11-12)18-9-2-1-6-13(18)14-7-4-10-20-14/h3-5,7-8,10-11,13H,1-2,6,9H2,(H,17,19). The van der Waals surface area contributed by atoms with Crippen molar-refractivity contribution in [1.29, 1.82) is 0 Å². The van der Waals surface area contributed by atoms with Crippen molar-refractivity contribution in [3.05, 3.63) is 48.7 Å². The van der Waals surface area contributed by atoms with Crippen LogP contribution < -0.4 is 5.32 Å². The predicted molar refractivity (Wildman–Crippen MR) is 75.3 cm³/mol. The van der Waals surface area contributed by atoms with Crippen LogP contribution in [0, 0.1) is 0 Å². The van der Waals surface area contributed by atoms with E-state index in [2.05, 4.69) is 10.3 Å². The average Bonchev–Trinajstić information content (AvgIpc) is 3.02. The number of urea groups is 1. The first-order valence-electron chi connectivity index (χ1n) is 6.85. The Morgan fingerprint density at radius 2 is 2.30 bits per heavy atom. The highest BCUT2D eigenvalue weighted by molar-refractivity contribution is 5.89. The molecule has 1 N–H and O–H groups in total. The summed E-state index contributed by atoms with van der Waals surface area (Å²) < 4.78 is 5.47. The van der Waals surface area contributed by atoms with Gasteiger partial charge in [-0.3, -0.25) is 4.98 Å². The maximum atomic E-state index is 12.4. The topological polar surface area (TPSA) is 58.4 Å². The van der Waals surface area contributed by atoms with E-state index < -0.39 is 0 Å². The molecule has 1 aliphatic heterocycles. The van der Waals surface area contributed by atoms with Gasteiger partial charge in [-0.1, -0.05) is 0 Å². The molecule has 2 amide bonds. The molecule has 104 valence electrons. The number of pyridine rings is 1. The molecule has 1 unspecified atom stereocenters. The Hall–Kier alpha value is -2.30. The molecule has 1 saturated heterocycles. The Morgan fingerprint density at radius 1 is 1.35 bits per heavy atom. The zero-order chi connectivity index (χ0) is 13.8. The highest BCUT2D eigenvalue weighted by Crippen LogP contribution is 2.31. The molecular formula is C15H17N3O2. The number of anilines is 1. The molecule has 0 saturated carbocycles. The zero-order valence-electron chi connectivity index (χ0n) is 11.2. The van der Waals surface area contributed by atoms with E-state index in [1.165, 1.54) is 0 Å². The molecule has 20 heavy (non-hydrogen) atoms. The van der Waals surface area contributed by atoms with Gasteiger partial charge in [0.05, 0.1) is 24.2 Å². The lowest BCUT2D eigenvalue weighted by molar-refractivity contribution is 0.151. The van der Waals surface area contributed by atoms with Gasteiger partial charge in [0.25, 0.3) is 0 Å². The second-order valence-electron chi connectivity index (χ2n) is 4.89. The fourth-order valence-electron chi connectivity index (χ4n) is 2.58. The minimum Gasteiger partial charge on any atom is -0.467 e. The number of furan rings is 1. The van der Waals surface area contributed by atoms with E-state index in [1.807, 2.05) is 23.1 Å². The number of amides is 2. The number of hydrogen-bond donors (Lipinski definition) is 1. The SMILES string of the molecule is O=C(Nc1cccnc1)N1CCCCC1c1ccco1. The van der Waals surface area contributed by atoms with Gasteiger partial charge in [-0.2, -0.15) is 0 Å². The second-order valence-corrected chi connectivity index (χ2v) is 4.89. The van der Waals surface area contributed by atoms with Gasteiger partial charge in [-0.15, -0.1) is 0 Å². The predicted octanol–water partition coefficient (Wildman–Crippen LogP) is 3.43. The Morgan fingerprint density at radius 3 is 3.05 bits per heavy atom. The van der Waals surface area contributed by atoms with Crippen molar-refractivity contribution in [2.45, 2.75) is 25.3 Å². The van der Waals surface area contributed by atoms with Crippen molar-refractivity contribution in [2.75, 3.05) is 11.9 Å². The summed E-state index contributed by atoms with van der Waals surface area (Å²) >= 11 is 0. The fourth-order valence-corrected chi connectivity index (χ4v) is 2.58. The maximum Gasteiger partial charge on any atom is 0.322 e. The third-order valence-electron chi connectivity index (χ3n) is 3.55. The molecule has 2 aromatic rings. The van der Waals surface area contributed by atoms with Crippen molar-refractivity contribution in [1.82, 2.24) is 9.88 Å². The molecule has 1 aliphatic rings. The highest BCUT2D eigenvalue weighted by Gasteiger charge is 2.29. The molecule has 3 rings (SSSR count). The van der Waals surface area contributed by atoms with Crippen molar-refractivity contribution >= 4 is 11.7 Å². The van der Waals surface area contributed by atoms with Crippen LogP contribution >= 0.6 is 0 Å². The molecule has 3 heterocycles. The third kappa shape index (κ3) is 2.66. The first-order valence-corrected chi connectivity index (χ1v) is 6.85. The molecule has 2 aromatic heterocycles. The highest BCUT2D eigenvalue weighted by atomic mass is 16.3. The lowest BCUT2D eigenvalue weighted by Gasteiger charge is -2.34. The number of carbonyl (C=O) groups excluding carboxylic acids is 1. The summed E-state index contributed by atoms with van der Waals surface area (Å²) in [6.45, 7) is 0.747. The molecule has 1 atom stereocenters. The van der Waals surface area contributed by atoms with Gasteiger partial charge in [0.15, 0.2) is 0 Å². The summed E-state index contributed by atoms with van der Waals surface area (Å²) in [7, 11) is 0. The van der Waals surface area contributed by atoms with Gasteiger partial charge >= 0.3 is 6.03 Å². The number of nitrogens with zero attached hydrogens (tertiary/aromatic N) is 2. The van der Waals surface area contributed by atoms with Crippen LogP contribution in [-0.2, 0) is 0 Å². The van der Waals surface area contributed by atoms with E-state index in [4.69, 9.17) is 4.42 Å². The van der Waals surface area contributed by atoms with E-state index in [0.29, 0.717) is 5.69 Å². The van der Waals surface area contributed by atoms with Crippen molar-refractivity contribution in [2.24, 2.45) is 0 Å². The van der Waals surface area contributed by atoms with Gasteiger partial charge < -0.3 is 14.6 Å². The Labute approximate surface area is 117 Å². The number of likely N-dealkylation sites (tertiary alicyclic amines) is 1.